The Kier molecular flexibility index (Phi) is 5.11. The minimum absolute atomic E-state index is 0.0913. The molecule has 3 aliphatic rings. The largest absolute Gasteiger partial charge is 0.454 e. The highest BCUT2D eigenvalue weighted by Gasteiger charge is 2.49. The van der Waals surface area contributed by atoms with Gasteiger partial charge in [-0.2, -0.15) is 0 Å². The fourth-order valence-electron chi connectivity index (χ4n) is 4.37. The maximum Gasteiger partial charge on any atom is 0.334 e. The van der Waals surface area contributed by atoms with E-state index >= 15 is 0 Å². The minimum Gasteiger partial charge on any atom is -0.454 e. The molecule has 1 fully saturated rings. The van der Waals surface area contributed by atoms with Gasteiger partial charge in [-0.1, -0.05) is 18.6 Å². The lowest BCUT2D eigenvalue weighted by molar-refractivity contribution is -0.146. The molecule has 0 amide bonds. The molecule has 0 aromatic rings. The van der Waals surface area contributed by atoms with Crippen molar-refractivity contribution in [2.24, 2.45) is 5.92 Å². The van der Waals surface area contributed by atoms with Crippen LogP contribution in [0, 0.1) is 5.92 Å². The van der Waals surface area contributed by atoms with Crippen molar-refractivity contribution in [1.29, 1.82) is 0 Å². The fraction of sp³-hybridized carbons (Fsp3) is 0.750. The van der Waals surface area contributed by atoms with Crippen LogP contribution in [0.4, 0.5) is 0 Å². The zero-order valence-corrected chi connectivity index (χ0v) is 15.6. The highest BCUT2D eigenvalue weighted by Crippen LogP contribution is 2.41. The highest BCUT2D eigenvalue weighted by molar-refractivity contribution is 5.92. The Balaban J connectivity index is 1.97. The molecular weight excluding hydrogens is 320 g/mol. The zero-order chi connectivity index (χ0) is 18.4. The monoisotopic (exact) mass is 350 g/mol. The summed E-state index contributed by atoms with van der Waals surface area (Å²) in [6.07, 6.45) is 3.61. The Labute approximate surface area is 149 Å². The van der Waals surface area contributed by atoms with Crippen LogP contribution in [0.15, 0.2) is 22.8 Å². The number of rotatable bonds is 0. The number of ether oxygens (including phenoxy) is 2. The molecule has 3 rings (SSSR count). The number of hydrogen-bond donors (Lipinski definition) is 2. The summed E-state index contributed by atoms with van der Waals surface area (Å²) in [5, 5.41) is 21.8. The second kappa shape index (κ2) is 6.86. The SMILES string of the molecule is CC1=C2[C@H](C/C(C)=C/CC[C@@H](C)[C@@H]3CC[C@](C)(O3)[C@@H](O)[C@@H]2O)OC1=O. The molecule has 1 saturated heterocycles. The Hall–Kier alpha value is -1.17. The van der Waals surface area contributed by atoms with E-state index in [1.54, 1.807) is 6.92 Å². The van der Waals surface area contributed by atoms with Crippen molar-refractivity contribution >= 4 is 5.97 Å². The van der Waals surface area contributed by atoms with Crippen LogP contribution in [0.2, 0.25) is 0 Å². The molecule has 0 aromatic heterocycles. The first kappa shape index (κ1) is 18.6. The standard InChI is InChI=1S/C20H30O5/c1-11-6-5-7-12(2)14-8-9-20(4,25-14)18(22)17(21)16-13(3)19(23)24-15(16)10-11/h6,12,14-15,17-18,21-22H,5,7-10H2,1-4H3/b11-6+/t12-,14+,15+,17-,18+,20+/m1/s1. The average molecular weight is 350 g/mol. The van der Waals surface area contributed by atoms with Gasteiger partial charge < -0.3 is 19.7 Å². The number of fused-ring (bicyclic) bond motifs is 3. The third-order valence-corrected chi connectivity index (χ3v) is 6.18. The van der Waals surface area contributed by atoms with Gasteiger partial charge in [0.1, 0.15) is 18.3 Å². The van der Waals surface area contributed by atoms with E-state index in [0.717, 1.165) is 24.8 Å². The molecular formula is C20H30O5. The fourth-order valence-corrected chi connectivity index (χ4v) is 4.37. The van der Waals surface area contributed by atoms with Gasteiger partial charge >= 0.3 is 5.97 Å². The molecule has 140 valence electrons. The predicted molar refractivity (Wildman–Crippen MR) is 93.9 cm³/mol. The van der Waals surface area contributed by atoms with Crippen molar-refractivity contribution in [3.63, 3.8) is 0 Å². The number of allylic oxidation sites excluding steroid dienone is 1. The summed E-state index contributed by atoms with van der Waals surface area (Å²) >= 11 is 0. The Morgan fingerprint density at radius 3 is 2.68 bits per heavy atom. The van der Waals surface area contributed by atoms with E-state index in [0.29, 0.717) is 29.9 Å². The molecule has 0 unspecified atom stereocenters. The van der Waals surface area contributed by atoms with Gasteiger partial charge in [0.05, 0.1) is 11.7 Å². The van der Waals surface area contributed by atoms with Gasteiger partial charge in [-0.25, -0.2) is 4.79 Å². The van der Waals surface area contributed by atoms with Crippen molar-refractivity contribution in [2.45, 2.75) is 89.8 Å². The Morgan fingerprint density at radius 2 is 1.96 bits per heavy atom. The molecule has 2 N–H and O–H groups in total. The summed E-state index contributed by atoms with van der Waals surface area (Å²) in [5.41, 5.74) is 1.24. The second-order valence-corrected chi connectivity index (χ2v) is 8.18. The third-order valence-electron chi connectivity index (χ3n) is 6.18. The topological polar surface area (TPSA) is 76.0 Å². The lowest BCUT2D eigenvalue weighted by Gasteiger charge is -2.35. The first-order valence-corrected chi connectivity index (χ1v) is 9.34. The zero-order valence-electron chi connectivity index (χ0n) is 15.6. The van der Waals surface area contributed by atoms with Gasteiger partial charge in [0, 0.05) is 17.6 Å². The van der Waals surface area contributed by atoms with Crippen LogP contribution in [0.5, 0.6) is 0 Å². The van der Waals surface area contributed by atoms with Crippen molar-refractivity contribution in [3.05, 3.63) is 22.8 Å². The molecule has 2 bridgehead atoms. The summed E-state index contributed by atoms with van der Waals surface area (Å²) in [6.45, 7) is 7.73. The molecule has 5 nitrogen and oxygen atoms in total. The predicted octanol–water partition coefficient (Wildman–Crippen LogP) is 2.65. The van der Waals surface area contributed by atoms with E-state index in [-0.39, 0.29) is 6.10 Å². The Bertz CT molecular complexity index is 607. The average Bonchev–Trinajstić information content (AvgIpc) is 3.07. The van der Waals surface area contributed by atoms with Crippen LogP contribution in [0.25, 0.3) is 0 Å². The smallest absolute Gasteiger partial charge is 0.334 e. The molecule has 3 aliphatic heterocycles. The van der Waals surface area contributed by atoms with Crippen LogP contribution in [-0.4, -0.2) is 46.2 Å². The van der Waals surface area contributed by atoms with Crippen LogP contribution < -0.4 is 0 Å². The first-order chi connectivity index (χ1) is 11.7. The third kappa shape index (κ3) is 3.42. The highest BCUT2D eigenvalue weighted by atomic mass is 16.6. The van der Waals surface area contributed by atoms with Crippen LogP contribution >= 0.6 is 0 Å². The normalized spacial score (nSPS) is 45.0. The maximum atomic E-state index is 12.0. The molecule has 5 heteroatoms. The van der Waals surface area contributed by atoms with Gasteiger partial charge in [-0.05, 0) is 52.4 Å². The minimum atomic E-state index is -1.16. The molecule has 0 spiro atoms. The number of carbonyl (C=O) groups excluding carboxylic acids is 1. The number of hydrogen-bond acceptors (Lipinski definition) is 5. The molecule has 0 saturated carbocycles. The second-order valence-electron chi connectivity index (χ2n) is 8.18. The summed E-state index contributed by atoms with van der Waals surface area (Å²) < 4.78 is 11.7. The van der Waals surface area contributed by atoms with E-state index in [1.165, 1.54) is 0 Å². The van der Waals surface area contributed by atoms with E-state index in [4.69, 9.17) is 9.47 Å². The molecule has 25 heavy (non-hydrogen) atoms. The summed E-state index contributed by atoms with van der Waals surface area (Å²) in [6, 6.07) is 0. The maximum absolute atomic E-state index is 12.0. The number of carbonyl (C=O) groups is 1. The van der Waals surface area contributed by atoms with E-state index in [9.17, 15) is 15.0 Å². The van der Waals surface area contributed by atoms with Crippen molar-refractivity contribution in [2.75, 3.05) is 0 Å². The van der Waals surface area contributed by atoms with Crippen LogP contribution in [0.1, 0.15) is 59.8 Å². The van der Waals surface area contributed by atoms with Gasteiger partial charge in [0.2, 0.25) is 0 Å². The summed E-state index contributed by atoms with van der Waals surface area (Å²) in [4.78, 5) is 12.0. The van der Waals surface area contributed by atoms with Gasteiger partial charge in [0.15, 0.2) is 0 Å². The van der Waals surface area contributed by atoms with E-state index in [2.05, 4.69) is 13.0 Å². The first-order valence-electron chi connectivity index (χ1n) is 9.34. The number of aliphatic hydroxyl groups excluding tert-OH is 2. The van der Waals surface area contributed by atoms with Gasteiger partial charge in [0.25, 0.3) is 0 Å². The van der Waals surface area contributed by atoms with Crippen molar-refractivity contribution in [3.8, 4) is 0 Å². The molecule has 6 atom stereocenters. The van der Waals surface area contributed by atoms with Gasteiger partial charge in [-0.15, -0.1) is 0 Å². The number of esters is 1. The van der Waals surface area contributed by atoms with E-state index in [1.807, 2.05) is 13.8 Å². The molecule has 0 radical (unpaired) electrons. The van der Waals surface area contributed by atoms with Crippen LogP contribution in [-0.2, 0) is 14.3 Å². The lowest BCUT2D eigenvalue weighted by Crippen LogP contribution is -2.49. The Morgan fingerprint density at radius 1 is 1.24 bits per heavy atom. The van der Waals surface area contributed by atoms with Crippen molar-refractivity contribution in [1.82, 2.24) is 0 Å². The summed E-state index contributed by atoms with van der Waals surface area (Å²) in [5.74, 6) is -0.00983. The lowest BCUT2D eigenvalue weighted by atomic mass is 9.84. The summed E-state index contributed by atoms with van der Waals surface area (Å²) in [7, 11) is 0. The van der Waals surface area contributed by atoms with E-state index < -0.39 is 29.9 Å². The molecule has 3 heterocycles. The quantitative estimate of drug-likeness (QED) is 0.519. The van der Waals surface area contributed by atoms with Crippen molar-refractivity contribution < 1.29 is 24.5 Å². The number of aliphatic hydroxyl groups is 2. The molecule has 0 aromatic carbocycles. The molecule has 0 aliphatic carbocycles. The van der Waals surface area contributed by atoms with Crippen LogP contribution in [0.3, 0.4) is 0 Å². The van der Waals surface area contributed by atoms with Gasteiger partial charge in [-0.3, -0.25) is 0 Å².